The highest BCUT2D eigenvalue weighted by atomic mass is 35.5. The first-order valence-corrected chi connectivity index (χ1v) is 13.9. The summed E-state index contributed by atoms with van der Waals surface area (Å²) in [4.78, 5) is 35.3. The quantitative estimate of drug-likeness (QED) is 0.286. The zero-order chi connectivity index (χ0) is 29.5. The van der Waals surface area contributed by atoms with Gasteiger partial charge in [-0.1, -0.05) is 23.7 Å². The summed E-state index contributed by atoms with van der Waals surface area (Å²) in [5.74, 6) is -0.229. The molecule has 0 atom stereocenters. The van der Waals surface area contributed by atoms with Crippen LogP contribution in [0.5, 0.6) is 5.75 Å². The molecule has 11 heteroatoms. The van der Waals surface area contributed by atoms with E-state index in [9.17, 15) is 14.0 Å². The van der Waals surface area contributed by atoms with Gasteiger partial charge in [-0.3, -0.25) is 24.4 Å². The van der Waals surface area contributed by atoms with E-state index in [2.05, 4.69) is 15.2 Å². The number of aromatic nitrogens is 2. The van der Waals surface area contributed by atoms with Crippen molar-refractivity contribution >= 4 is 29.4 Å². The molecule has 1 N–H and O–H groups in total. The first kappa shape index (κ1) is 29.2. The van der Waals surface area contributed by atoms with Crippen LogP contribution in [0.25, 0.3) is 16.9 Å². The lowest BCUT2D eigenvalue weighted by Gasteiger charge is -2.30. The number of benzene rings is 3. The van der Waals surface area contributed by atoms with Gasteiger partial charge in [0.2, 0.25) is 11.9 Å². The van der Waals surface area contributed by atoms with E-state index in [1.807, 2.05) is 24.3 Å². The van der Waals surface area contributed by atoms with Crippen molar-refractivity contribution in [2.75, 3.05) is 58.4 Å². The monoisotopic (exact) mass is 591 g/mol. The van der Waals surface area contributed by atoms with E-state index >= 15 is 0 Å². The van der Waals surface area contributed by atoms with Crippen LogP contribution in [-0.2, 0) is 9.53 Å². The van der Waals surface area contributed by atoms with Gasteiger partial charge in [0.1, 0.15) is 18.1 Å². The summed E-state index contributed by atoms with van der Waals surface area (Å²) in [7, 11) is 1.59. The van der Waals surface area contributed by atoms with Crippen molar-refractivity contribution in [3.05, 3.63) is 95.4 Å². The third-order valence-corrected chi connectivity index (χ3v) is 7.29. The van der Waals surface area contributed by atoms with Crippen LogP contribution in [0.2, 0.25) is 5.02 Å². The second-order valence-corrected chi connectivity index (χ2v) is 10.1. The standard InChI is InChI=1S/C31H31ClFN5O4/c1-41-25-12-6-22(7-13-25)28-20-38(24-10-8-23(33)9-11-24)31(34-28)35-29(39)21-37(15-14-36-16-18-42-19-17-36)30(40)26-4-2-3-5-27(26)32/h2-13,20H,14-19,21H2,1H3,(H,34,35,39). The number of hydrogen-bond donors (Lipinski definition) is 1. The third-order valence-electron chi connectivity index (χ3n) is 6.96. The molecule has 3 aromatic carbocycles. The number of methoxy groups -OCH3 is 1. The van der Waals surface area contributed by atoms with Crippen LogP contribution in [0.4, 0.5) is 10.3 Å². The van der Waals surface area contributed by atoms with Crippen molar-refractivity contribution in [2.45, 2.75) is 0 Å². The number of carbonyl (C=O) groups excluding carboxylic acids is 2. The van der Waals surface area contributed by atoms with Crippen molar-refractivity contribution in [3.8, 4) is 22.7 Å². The lowest BCUT2D eigenvalue weighted by atomic mass is 10.1. The molecule has 4 aromatic rings. The molecule has 9 nitrogen and oxygen atoms in total. The molecule has 0 radical (unpaired) electrons. The van der Waals surface area contributed by atoms with Crippen LogP contribution in [0, 0.1) is 5.82 Å². The fraction of sp³-hybridized carbons (Fsp3) is 0.258. The molecule has 2 heterocycles. The summed E-state index contributed by atoms with van der Waals surface area (Å²) in [6.45, 7) is 3.44. The highest BCUT2D eigenvalue weighted by Crippen LogP contribution is 2.26. The number of halogens is 2. The van der Waals surface area contributed by atoms with Gasteiger partial charge in [0.05, 0.1) is 36.6 Å². The number of amides is 2. The van der Waals surface area contributed by atoms with E-state index in [4.69, 9.17) is 21.1 Å². The molecule has 1 fully saturated rings. The normalized spacial score (nSPS) is 13.5. The van der Waals surface area contributed by atoms with Gasteiger partial charge in [-0.15, -0.1) is 0 Å². The Morgan fingerprint density at radius 3 is 2.45 bits per heavy atom. The zero-order valence-electron chi connectivity index (χ0n) is 23.1. The van der Waals surface area contributed by atoms with Crippen LogP contribution < -0.4 is 10.1 Å². The van der Waals surface area contributed by atoms with Gasteiger partial charge in [0.25, 0.3) is 5.91 Å². The Hall–Kier alpha value is -4.25. The molecule has 0 spiro atoms. The maximum absolute atomic E-state index is 13.7. The minimum absolute atomic E-state index is 0.220. The molecule has 1 aliphatic rings. The fourth-order valence-corrected chi connectivity index (χ4v) is 4.87. The topological polar surface area (TPSA) is 88.9 Å². The van der Waals surface area contributed by atoms with Crippen molar-refractivity contribution in [1.82, 2.24) is 19.4 Å². The molecule has 218 valence electrons. The SMILES string of the molecule is COc1ccc(-c2cn(-c3ccc(F)cc3)c(NC(=O)CN(CCN3CCOCC3)C(=O)c3ccccc3Cl)n2)cc1. The minimum Gasteiger partial charge on any atom is -0.497 e. The number of anilines is 1. The molecular weight excluding hydrogens is 561 g/mol. The highest BCUT2D eigenvalue weighted by molar-refractivity contribution is 6.33. The van der Waals surface area contributed by atoms with Gasteiger partial charge in [-0.25, -0.2) is 9.37 Å². The Labute approximate surface area is 248 Å². The van der Waals surface area contributed by atoms with Crippen molar-refractivity contribution in [2.24, 2.45) is 0 Å². The minimum atomic E-state index is -0.437. The molecule has 2 amide bonds. The Kier molecular flexibility index (Phi) is 9.48. The van der Waals surface area contributed by atoms with E-state index in [1.54, 1.807) is 54.3 Å². The van der Waals surface area contributed by atoms with Crippen LogP contribution in [-0.4, -0.2) is 84.2 Å². The number of rotatable bonds is 10. The van der Waals surface area contributed by atoms with E-state index in [1.165, 1.54) is 17.0 Å². The van der Waals surface area contributed by atoms with Gasteiger partial charge < -0.3 is 14.4 Å². The molecule has 0 aliphatic carbocycles. The number of nitrogens with zero attached hydrogens (tertiary/aromatic N) is 4. The predicted molar refractivity (Wildman–Crippen MR) is 159 cm³/mol. The summed E-state index contributed by atoms with van der Waals surface area (Å²) in [5.41, 5.74) is 2.32. The predicted octanol–water partition coefficient (Wildman–Crippen LogP) is 4.75. The molecule has 1 aliphatic heterocycles. The van der Waals surface area contributed by atoms with Gasteiger partial charge >= 0.3 is 0 Å². The van der Waals surface area contributed by atoms with E-state index in [0.717, 1.165) is 18.7 Å². The molecule has 1 saturated heterocycles. The average molecular weight is 592 g/mol. The molecule has 0 bridgehead atoms. The largest absolute Gasteiger partial charge is 0.497 e. The average Bonchev–Trinajstić information content (AvgIpc) is 3.43. The first-order valence-electron chi connectivity index (χ1n) is 13.5. The van der Waals surface area contributed by atoms with Crippen LogP contribution in [0.3, 0.4) is 0 Å². The van der Waals surface area contributed by atoms with E-state index in [-0.39, 0.29) is 24.2 Å². The third kappa shape index (κ3) is 7.14. The van der Waals surface area contributed by atoms with Gasteiger partial charge in [-0.2, -0.15) is 0 Å². The second-order valence-electron chi connectivity index (χ2n) is 9.73. The Bertz CT molecular complexity index is 1520. The highest BCUT2D eigenvalue weighted by Gasteiger charge is 2.23. The Morgan fingerprint density at radius 2 is 1.76 bits per heavy atom. The first-order chi connectivity index (χ1) is 20.4. The van der Waals surface area contributed by atoms with Crippen LogP contribution in [0.1, 0.15) is 10.4 Å². The molecule has 1 aromatic heterocycles. The van der Waals surface area contributed by atoms with Gasteiger partial charge in [-0.05, 0) is 60.7 Å². The molecule has 5 rings (SSSR count). The van der Waals surface area contributed by atoms with E-state index < -0.39 is 5.91 Å². The van der Waals surface area contributed by atoms with Crippen molar-refractivity contribution in [1.29, 1.82) is 0 Å². The lowest BCUT2D eigenvalue weighted by molar-refractivity contribution is -0.117. The van der Waals surface area contributed by atoms with Crippen LogP contribution in [0.15, 0.2) is 79.0 Å². The summed E-state index contributed by atoms with van der Waals surface area (Å²) in [6.07, 6.45) is 1.76. The number of nitrogens with one attached hydrogen (secondary N) is 1. The van der Waals surface area contributed by atoms with Crippen LogP contribution >= 0.6 is 11.6 Å². The summed E-state index contributed by atoms with van der Waals surface area (Å²) < 4.78 is 26.0. The Balaban J connectivity index is 1.39. The zero-order valence-corrected chi connectivity index (χ0v) is 23.9. The second kappa shape index (κ2) is 13.6. The molecule has 0 unspecified atom stereocenters. The maximum Gasteiger partial charge on any atom is 0.255 e. The molecular formula is C31H31ClFN5O4. The maximum atomic E-state index is 13.7. The number of morpholine rings is 1. The number of ether oxygens (including phenoxy) is 2. The summed E-state index contributed by atoms with van der Waals surface area (Å²) >= 11 is 6.34. The summed E-state index contributed by atoms with van der Waals surface area (Å²) in [5, 5.41) is 3.17. The lowest BCUT2D eigenvalue weighted by Crippen LogP contribution is -2.45. The Morgan fingerprint density at radius 1 is 1.05 bits per heavy atom. The fourth-order valence-electron chi connectivity index (χ4n) is 4.65. The van der Waals surface area contributed by atoms with Crippen molar-refractivity contribution < 1.29 is 23.5 Å². The number of carbonyl (C=O) groups is 2. The molecule has 42 heavy (non-hydrogen) atoms. The number of imidazole rings is 1. The van der Waals surface area contributed by atoms with Gasteiger partial charge in [0.15, 0.2) is 0 Å². The van der Waals surface area contributed by atoms with Gasteiger partial charge in [0, 0.05) is 43.6 Å². The molecule has 0 saturated carbocycles. The smallest absolute Gasteiger partial charge is 0.255 e. The summed E-state index contributed by atoms with van der Waals surface area (Å²) in [6, 6.07) is 20.0. The van der Waals surface area contributed by atoms with E-state index in [0.29, 0.717) is 54.0 Å². The van der Waals surface area contributed by atoms with Crippen molar-refractivity contribution in [3.63, 3.8) is 0 Å². The number of hydrogen-bond acceptors (Lipinski definition) is 6.